The van der Waals surface area contributed by atoms with E-state index in [4.69, 9.17) is 20.0 Å². The monoisotopic (exact) mass is 243 g/mol. The summed E-state index contributed by atoms with van der Waals surface area (Å²) in [5.74, 6) is -0.801. The number of carbonyl (C=O) groups is 1. The van der Waals surface area contributed by atoms with Gasteiger partial charge in [0.15, 0.2) is 5.76 Å². The second-order valence-corrected chi connectivity index (χ2v) is 3.03. The second kappa shape index (κ2) is 7.45. The van der Waals surface area contributed by atoms with Gasteiger partial charge in [0.25, 0.3) is 0 Å². The Morgan fingerprint density at radius 2 is 1.94 bits per heavy atom. The van der Waals surface area contributed by atoms with E-state index in [0.717, 1.165) is 0 Å². The number of nitrogens with one attached hydrogen (secondary N) is 1. The minimum Gasteiger partial charge on any atom is -0.491 e. The first-order valence-electron chi connectivity index (χ1n) is 4.84. The van der Waals surface area contributed by atoms with Crippen molar-refractivity contribution in [1.29, 1.82) is 5.41 Å². The van der Waals surface area contributed by atoms with Gasteiger partial charge < -0.3 is 19.3 Å². The van der Waals surface area contributed by atoms with Gasteiger partial charge in [0.05, 0.1) is 26.4 Å². The molecule has 0 amide bonds. The Bertz CT molecular complexity index is 346. The number of aliphatic hydroxyl groups is 1. The van der Waals surface area contributed by atoms with Crippen LogP contribution in [-0.2, 0) is 19.0 Å². The molecule has 17 heavy (non-hydrogen) atoms. The van der Waals surface area contributed by atoms with Gasteiger partial charge in [0, 0.05) is 5.57 Å². The number of hydrogen-bond donors (Lipinski definition) is 2. The number of carbonyl (C=O) groups excluding carboxylic acids is 1. The van der Waals surface area contributed by atoms with Crippen LogP contribution < -0.4 is 0 Å². The summed E-state index contributed by atoms with van der Waals surface area (Å²) in [6.07, 6.45) is 0. The fraction of sp³-hybridized carbons (Fsp3) is 0.455. The topological polar surface area (TPSA) is 88.8 Å². The minimum absolute atomic E-state index is 0.0241. The van der Waals surface area contributed by atoms with E-state index in [2.05, 4.69) is 11.3 Å². The number of hydrogen-bond acceptors (Lipinski definition) is 6. The van der Waals surface area contributed by atoms with Crippen LogP contribution in [0.25, 0.3) is 0 Å². The van der Waals surface area contributed by atoms with Crippen molar-refractivity contribution in [2.45, 2.75) is 6.92 Å². The molecule has 0 bridgehead atoms. The lowest BCUT2D eigenvalue weighted by Crippen LogP contribution is -2.15. The first-order valence-corrected chi connectivity index (χ1v) is 4.84. The van der Waals surface area contributed by atoms with Gasteiger partial charge in [0.1, 0.15) is 6.61 Å². The van der Waals surface area contributed by atoms with Crippen molar-refractivity contribution >= 4 is 11.9 Å². The van der Waals surface area contributed by atoms with Crippen LogP contribution in [-0.4, -0.2) is 44.4 Å². The molecule has 0 fully saturated rings. The average molecular weight is 243 g/mol. The normalized spacial score (nSPS) is 11.3. The third-order valence-corrected chi connectivity index (χ3v) is 1.97. The lowest BCUT2D eigenvalue weighted by Gasteiger charge is -2.13. The molecule has 0 saturated heterocycles. The molecule has 0 aromatic heterocycles. The van der Waals surface area contributed by atoms with Crippen LogP contribution in [0.15, 0.2) is 23.5 Å². The number of ether oxygens (including phenoxy) is 3. The zero-order valence-electron chi connectivity index (χ0n) is 10.2. The summed E-state index contributed by atoms with van der Waals surface area (Å²) in [6, 6.07) is 0. The third-order valence-electron chi connectivity index (χ3n) is 1.97. The maximum Gasteiger partial charge on any atom is 0.337 e. The van der Waals surface area contributed by atoms with Crippen molar-refractivity contribution in [3.8, 4) is 0 Å². The smallest absolute Gasteiger partial charge is 0.337 e. The first kappa shape index (κ1) is 15.2. The predicted octanol–water partition coefficient (Wildman–Crippen LogP) is 0.622. The number of rotatable bonds is 6. The first-order chi connectivity index (χ1) is 7.99. The summed E-state index contributed by atoms with van der Waals surface area (Å²) in [5, 5.41) is 16.1. The molecule has 0 heterocycles. The highest BCUT2D eigenvalue weighted by molar-refractivity contribution is 5.97. The summed E-state index contributed by atoms with van der Waals surface area (Å²) in [4.78, 5) is 11.2. The van der Waals surface area contributed by atoms with Crippen LogP contribution in [0.2, 0.25) is 0 Å². The predicted molar refractivity (Wildman–Crippen MR) is 61.6 cm³/mol. The molecule has 0 spiro atoms. The highest BCUT2D eigenvalue weighted by Gasteiger charge is 2.18. The molecule has 96 valence electrons. The standard InChI is InChI=1S/C11H17NO5/c1-7(8(2)11(14)16-4)9(15-3)10(12)17-6-5-13/h12-13H,2,5-6H2,1,3-4H3. The Kier molecular flexibility index (Phi) is 6.65. The maximum absolute atomic E-state index is 11.2. The lowest BCUT2D eigenvalue weighted by atomic mass is 10.1. The maximum atomic E-state index is 11.2. The largest absolute Gasteiger partial charge is 0.491 e. The molecule has 0 aliphatic heterocycles. The van der Waals surface area contributed by atoms with Crippen molar-refractivity contribution in [2.75, 3.05) is 27.4 Å². The summed E-state index contributed by atoms with van der Waals surface area (Å²) < 4.78 is 14.4. The van der Waals surface area contributed by atoms with Gasteiger partial charge in [-0.05, 0) is 6.92 Å². The third kappa shape index (κ3) is 4.28. The summed E-state index contributed by atoms with van der Waals surface area (Å²) in [7, 11) is 2.58. The van der Waals surface area contributed by atoms with Gasteiger partial charge in [-0.3, -0.25) is 5.41 Å². The van der Waals surface area contributed by atoms with Crippen molar-refractivity contribution in [3.05, 3.63) is 23.5 Å². The van der Waals surface area contributed by atoms with Crippen molar-refractivity contribution in [3.63, 3.8) is 0 Å². The molecule has 0 aromatic rings. The Balaban J connectivity index is 4.98. The Morgan fingerprint density at radius 1 is 1.35 bits per heavy atom. The van der Waals surface area contributed by atoms with Crippen molar-refractivity contribution < 1.29 is 24.1 Å². The van der Waals surface area contributed by atoms with Crippen LogP contribution in [0.3, 0.4) is 0 Å². The SMILES string of the molecule is C=C(C(=O)OC)C(C)=C(OC)C(=N)OCCO. The van der Waals surface area contributed by atoms with E-state index in [1.807, 2.05) is 0 Å². The van der Waals surface area contributed by atoms with E-state index >= 15 is 0 Å². The van der Waals surface area contributed by atoms with E-state index in [9.17, 15) is 4.79 Å². The van der Waals surface area contributed by atoms with Crippen LogP contribution in [0.1, 0.15) is 6.92 Å². The van der Waals surface area contributed by atoms with Gasteiger partial charge >= 0.3 is 5.97 Å². The molecule has 0 aliphatic carbocycles. The molecule has 6 heteroatoms. The Hall–Kier alpha value is -1.82. The van der Waals surface area contributed by atoms with Gasteiger partial charge in [-0.25, -0.2) is 4.79 Å². The zero-order chi connectivity index (χ0) is 13.4. The van der Waals surface area contributed by atoms with E-state index in [1.165, 1.54) is 14.2 Å². The molecule has 0 atom stereocenters. The Labute approximate surface area is 100.0 Å². The van der Waals surface area contributed by atoms with E-state index in [-0.39, 0.29) is 30.4 Å². The highest BCUT2D eigenvalue weighted by atomic mass is 16.5. The fourth-order valence-corrected chi connectivity index (χ4v) is 1.04. The molecule has 0 aromatic carbocycles. The van der Waals surface area contributed by atoms with Gasteiger partial charge in [-0.2, -0.15) is 0 Å². The average Bonchev–Trinajstić information content (AvgIpc) is 2.34. The van der Waals surface area contributed by atoms with Crippen molar-refractivity contribution in [2.24, 2.45) is 0 Å². The van der Waals surface area contributed by atoms with Crippen LogP contribution in [0, 0.1) is 5.41 Å². The Morgan fingerprint density at radius 3 is 2.35 bits per heavy atom. The molecule has 6 nitrogen and oxygen atoms in total. The van der Waals surface area contributed by atoms with E-state index in [0.29, 0.717) is 5.57 Å². The molecule has 0 aliphatic rings. The number of aliphatic hydroxyl groups excluding tert-OH is 1. The summed E-state index contributed by atoms with van der Waals surface area (Å²) >= 11 is 0. The lowest BCUT2D eigenvalue weighted by molar-refractivity contribution is -0.135. The minimum atomic E-state index is -0.605. The van der Waals surface area contributed by atoms with Crippen molar-refractivity contribution in [1.82, 2.24) is 0 Å². The van der Waals surface area contributed by atoms with E-state index in [1.54, 1.807) is 6.92 Å². The van der Waals surface area contributed by atoms with Gasteiger partial charge in [0.2, 0.25) is 5.90 Å². The van der Waals surface area contributed by atoms with E-state index < -0.39 is 5.97 Å². The zero-order valence-corrected chi connectivity index (χ0v) is 10.2. The molecule has 0 radical (unpaired) electrons. The highest BCUT2D eigenvalue weighted by Crippen LogP contribution is 2.16. The fourth-order valence-electron chi connectivity index (χ4n) is 1.04. The second-order valence-electron chi connectivity index (χ2n) is 3.03. The van der Waals surface area contributed by atoms with Crippen LogP contribution >= 0.6 is 0 Å². The summed E-state index contributed by atoms with van der Waals surface area (Å²) in [5.41, 5.74) is 0.434. The molecular weight excluding hydrogens is 226 g/mol. The molecule has 0 unspecified atom stereocenters. The number of methoxy groups -OCH3 is 2. The number of esters is 1. The molecule has 2 N–H and O–H groups in total. The summed E-state index contributed by atoms with van der Waals surface area (Å²) in [6.45, 7) is 4.87. The van der Waals surface area contributed by atoms with Gasteiger partial charge in [-0.1, -0.05) is 6.58 Å². The quantitative estimate of drug-likeness (QED) is 0.178. The molecule has 0 rings (SSSR count). The molecule has 0 saturated carbocycles. The van der Waals surface area contributed by atoms with Crippen LogP contribution in [0.5, 0.6) is 0 Å². The van der Waals surface area contributed by atoms with Gasteiger partial charge in [-0.15, -0.1) is 0 Å². The molecular formula is C11H17NO5. The van der Waals surface area contributed by atoms with Crippen LogP contribution in [0.4, 0.5) is 0 Å².